The summed E-state index contributed by atoms with van der Waals surface area (Å²) in [5, 5.41) is 1.86. The molecule has 2 aromatic heterocycles. The molecule has 0 bridgehead atoms. The molecule has 4 rings (SSSR count). The number of benzene rings is 2. The molecule has 0 aliphatic carbocycles. The highest BCUT2D eigenvalue weighted by Gasteiger charge is 2.30. The quantitative estimate of drug-likeness (QED) is 0.466. The number of nitrogens with zero attached hydrogens (tertiary/aromatic N) is 3. The first-order valence-electron chi connectivity index (χ1n) is 8.12. The number of rotatable bonds is 3. The maximum atomic E-state index is 12.9. The molecule has 2 aromatic carbocycles. The van der Waals surface area contributed by atoms with Crippen molar-refractivity contribution < 1.29 is 13.2 Å². The van der Waals surface area contributed by atoms with Crippen LogP contribution in [0.2, 0.25) is 0 Å². The zero-order chi connectivity index (χ0) is 19.2. The standard InChI is InChI=1S/C19H13BrF3N3O/c20-17-13-6-2-1-5-12(13)9-24-14(17)10-25-15-7-3-4-8-16(15)26(18(25)27)11-19(21,22)23/h1-9H,10-11H2. The van der Waals surface area contributed by atoms with Crippen molar-refractivity contribution in [3.05, 3.63) is 75.4 Å². The van der Waals surface area contributed by atoms with Crippen LogP contribution in [0.1, 0.15) is 5.69 Å². The zero-order valence-corrected chi connectivity index (χ0v) is 15.5. The molecule has 0 saturated carbocycles. The van der Waals surface area contributed by atoms with Crippen molar-refractivity contribution in [2.24, 2.45) is 0 Å². The van der Waals surface area contributed by atoms with Gasteiger partial charge >= 0.3 is 11.9 Å². The maximum absolute atomic E-state index is 12.9. The van der Waals surface area contributed by atoms with Gasteiger partial charge in [-0.2, -0.15) is 13.2 Å². The van der Waals surface area contributed by atoms with E-state index < -0.39 is 18.4 Å². The number of aromatic nitrogens is 3. The second-order valence-electron chi connectivity index (χ2n) is 6.16. The molecule has 4 nitrogen and oxygen atoms in total. The molecule has 0 atom stereocenters. The third-order valence-electron chi connectivity index (χ3n) is 4.38. The minimum absolute atomic E-state index is 0.0651. The summed E-state index contributed by atoms with van der Waals surface area (Å²) in [5.74, 6) is 0. The summed E-state index contributed by atoms with van der Waals surface area (Å²) < 4.78 is 41.6. The average molecular weight is 436 g/mol. The van der Waals surface area contributed by atoms with Gasteiger partial charge in [-0.15, -0.1) is 0 Å². The molecule has 8 heteroatoms. The Morgan fingerprint density at radius 2 is 1.59 bits per heavy atom. The summed E-state index contributed by atoms with van der Waals surface area (Å²) in [6.07, 6.45) is -2.80. The Hall–Kier alpha value is -2.61. The van der Waals surface area contributed by atoms with E-state index in [9.17, 15) is 18.0 Å². The smallest absolute Gasteiger partial charge is 0.286 e. The number of alkyl halides is 3. The van der Waals surface area contributed by atoms with Crippen LogP contribution in [0.5, 0.6) is 0 Å². The summed E-state index contributed by atoms with van der Waals surface area (Å²) in [6.45, 7) is -1.26. The third-order valence-corrected chi connectivity index (χ3v) is 5.27. The van der Waals surface area contributed by atoms with Crippen LogP contribution in [0.25, 0.3) is 21.8 Å². The van der Waals surface area contributed by atoms with Crippen LogP contribution in [0.4, 0.5) is 13.2 Å². The molecular formula is C19H13BrF3N3O. The molecule has 27 heavy (non-hydrogen) atoms. The van der Waals surface area contributed by atoms with E-state index >= 15 is 0 Å². The van der Waals surface area contributed by atoms with Crippen LogP contribution >= 0.6 is 15.9 Å². The fraction of sp³-hybridized carbons (Fsp3) is 0.158. The Morgan fingerprint density at radius 1 is 0.963 bits per heavy atom. The number of hydrogen-bond donors (Lipinski definition) is 0. The maximum Gasteiger partial charge on any atom is 0.406 e. The Balaban J connectivity index is 1.87. The lowest BCUT2D eigenvalue weighted by molar-refractivity contribution is -0.140. The molecule has 0 fully saturated rings. The molecular weight excluding hydrogens is 423 g/mol. The van der Waals surface area contributed by atoms with Gasteiger partial charge in [-0.25, -0.2) is 4.79 Å². The number of halogens is 4. The molecule has 0 unspecified atom stereocenters. The van der Waals surface area contributed by atoms with Gasteiger partial charge in [0.1, 0.15) is 6.54 Å². The number of pyridine rings is 1. The van der Waals surface area contributed by atoms with Gasteiger partial charge in [-0.3, -0.25) is 14.1 Å². The molecule has 0 N–H and O–H groups in total. The summed E-state index contributed by atoms with van der Waals surface area (Å²) in [5.41, 5.74) is 0.548. The second-order valence-corrected chi connectivity index (χ2v) is 6.96. The molecule has 138 valence electrons. The van der Waals surface area contributed by atoms with Gasteiger partial charge in [0, 0.05) is 16.1 Å². The van der Waals surface area contributed by atoms with Crippen molar-refractivity contribution in [1.82, 2.24) is 14.1 Å². The minimum atomic E-state index is -4.49. The van der Waals surface area contributed by atoms with E-state index in [0.717, 1.165) is 19.8 Å². The molecule has 0 amide bonds. The lowest BCUT2D eigenvalue weighted by atomic mass is 10.1. The highest BCUT2D eigenvalue weighted by Crippen LogP contribution is 2.27. The summed E-state index contributed by atoms with van der Waals surface area (Å²) in [7, 11) is 0. The fourth-order valence-corrected chi connectivity index (χ4v) is 3.78. The van der Waals surface area contributed by atoms with Crippen LogP contribution in [-0.2, 0) is 13.1 Å². The SMILES string of the molecule is O=c1n(Cc2ncc3ccccc3c2Br)c2ccccc2n1CC(F)(F)F. The van der Waals surface area contributed by atoms with Crippen molar-refractivity contribution in [2.45, 2.75) is 19.3 Å². The Labute approximate surface area is 160 Å². The van der Waals surface area contributed by atoms with E-state index in [1.165, 1.54) is 10.6 Å². The average Bonchev–Trinajstić information content (AvgIpc) is 2.89. The summed E-state index contributed by atoms with van der Waals surface area (Å²) in [6, 6.07) is 14.1. The summed E-state index contributed by atoms with van der Waals surface area (Å²) in [4.78, 5) is 17.1. The molecule has 2 heterocycles. The molecule has 0 spiro atoms. The van der Waals surface area contributed by atoms with Gasteiger partial charge in [-0.05, 0) is 33.4 Å². The fourth-order valence-electron chi connectivity index (χ4n) is 3.19. The predicted molar refractivity (Wildman–Crippen MR) is 101 cm³/mol. The van der Waals surface area contributed by atoms with E-state index in [1.54, 1.807) is 24.4 Å². The van der Waals surface area contributed by atoms with Gasteiger partial charge < -0.3 is 0 Å². The van der Waals surface area contributed by atoms with Crippen molar-refractivity contribution >= 4 is 37.7 Å². The summed E-state index contributed by atoms with van der Waals surface area (Å²) >= 11 is 3.52. The van der Waals surface area contributed by atoms with Crippen molar-refractivity contribution in [1.29, 1.82) is 0 Å². The minimum Gasteiger partial charge on any atom is -0.286 e. The van der Waals surface area contributed by atoms with E-state index in [2.05, 4.69) is 20.9 Å². The molecule has 0 saturated heterocycles. The van der Waals surface area contributed by atoms with E-state index in [4.69, 9.17) is 0 Å². The largest absolute Gasteiger partial charge is 0.406 e. The van der Waals surface area contributed by atoms with Gasteiger partial charge in [0.15, 0.2) is 0 Å². The van der Waals surface area contributed by atoms with Crippen LogP contribution in [-0.4, -0.2) is 20.3 Å². The molecule has 0 radical (unpaired) electrons. The van der Waals surface area contributed by atoms with Crippen LogP contribution in [0.3, 0.4) is 0 Å². The zero-order valence-electron chi connectivity index (χ0n) is 13.9. The normalized spacial score (nSPS) is 12.1. The number of fused-ring (bicyclic) bond motifs is 2. The van der Waals surface area contributed by atoms with Crippen molar-refractivity contribution in [2.75, 3.05) is 0 Å². The van der Waals surface area contributed by atoms with Crippen LogP contribution in [0, 0.1) is 0 Å². The third kappa shape index (κ3) is 3.25. The number of para-hydroxylation sites is 2. The van der Waals surface area contributed by atoms with Crippen LogP contribution in [0.15, 0.2) is 64.0 Å². The topological polar surface area (TPSA) is 39.8 Å². The van der Waals surface area contributed by atoms with Gasteiger partial charge in [0.2, 0.25) is 0 Å². The predicted octanol–water partition coefficient (Wildman–Crippen LogP) is 4.72. The van der Waals surface area contributed by atoms with E-state index in [0.29, 0.717) is 11.2 Å². The first-order chi connectivity index (χ1) is 12.8. The number of hydrogen-bond acceptors (Lipinski definition) is 2. The Morgan fingerprint density at radius 3 is 2.30 bits per heavy atom. The Bertz CT molecular complexity index is 1210. The van der Waals surface area contributed by atoms with Crippen molar-refractivity contribution in [3.63, 3.8) is 0 Å². The first kappa shape index (κ1) is 17.8. The second kappa shape index (κ2) is 6.53. The molecule has 0 aliphatic rings. The van der Waals surface area contributed by atoms with Gasteiger partial charge in [0.25, 0.3) is 0 Å². The number of imidazole rings is 1. The van der Waals surface area contributed by atoms with Crippen LogP contribution < -0.4 is 5.69 Å². The monoisotopic (exact) mass is 435 g/mol. The van der Waals surface area contributed by atoms with E-state index in [1.807, 2.05) is 24.3 Å². The Kier molecular flexibility index (Phi) is 4.30. The van der Waals surface area contributed by atoms with Gasteiger partial charge in [-0.1, -0.05) is 36.4 Å². The molecule has 0 aliphatic heterocycles. The highest BCUT2D eigenvalue weighted by atomic mass is 79.9. The highest BCUT2D eigenvalue weighted by molar-refractivity contribution is 9.10. The first-order valence-corrected chi connectivity index (χ1v) is 8.91. The van der Waals surface area contributed by atoms with Crippen molar-refractivity contribution in [3.8, 4) is 0 Å². The van der Waals surface area contributed by atoms with E-state index in [-0.39, 0.29) is 12.1 Å². The lowest BCUT2D eigenvalue weighted by Crippen LogP contribution is -2.30. The molecule has 4 aromatic rings. The van der Waals surface area contributed by atoms with Gasteiger partial charge in [0.05, 0.1) is 23.3 Å². The lowest BCUT2D eigenvalue weighted by Gasteiger charge is -2.08.